The topological polar surface area (TPSA) is 58.9 Å². The zero-order valence-electron chi connectivity index (χ0n) is 15.3. The van der Waals surface area contributed by atoms with Crippen LogP contribution >= 0.6 is 11.3 Å². The van der Waals surface area contributed by atoms with E-state index >= 15 is 0 Å². The van der Waals surface area contributed by atoms with Crippen LogP contribution < -0.4 is 5.43 Å². The molecule has 8 heteroatoms. The quantitative estimate of drug-likeness (QED) is 0.385. The van der Waals surface area contributed by atoms with Crippen LogP contribution in [-0.4, -0.2) is 9.97 Å². The Labute approximate surface area is 171 Å². The molecule has 0 spiro atoms. The summed E-state index contributed by atoms with van der Waals surface area (Å²) in [6.45, 7) is 0. The third-order valence-corrected chi connectivity index (χ3v) is 5.70. The minimum absolute atomic E-state index is 0.174. The van der Waals surface area contributed by atoms with Crippen molar-refractivity contribution in [3.8, 4) is 10.7 Å². The Hall–Kier alpha value is -3.39. The second-order valence-corrected chi connectivity index (χ2v) is 7.71. The van der Waals surface area contributed by atoms with Gasteiger partial charge in [0.15, 0.2) is 5.58 Å². The Bertz CT molecular complexity index is 1420. The molecule has 0 radical (unpaired) electrons. The molecule has 0 saturated carbocycles. The van der Waals surface area contributed by atoms with Gasteiger partial charge in [-0.05, 0) is 29.8 Å². The van der Waals surface area contributed by atoms with Gasteiger partial charge in [0.2, 0.25) is 5.43 Å². The number of aromatic amines is 1. The van der Waals surface area contributed by atoms with Crippen molar-refractivity contribution in [1.82, 2.24) is 9.97 Å². The highest BCUT2D eigenvalue weighted by Crippen LogP contribution is 2.34. The molecule has 0 aliphatic carbocycles. The fraction of sp³-hybridized carbons (Fsp3) is 0.0909. The number of rotatable bonds is 3. The van der Waals surface area contributed by atoms with Crippen molar-refractivity contribution in [2.24, 2.45) is 0 Å². The molecule has 3 aromatic heterocycles. The number of benzene rings is 2. The first kappa shape index (κ1) is 18.6. The summed E-state index contributed by atoms with van der Waals surface area (Å²) in [6.07, 6.45) is -2.46. The van der Waals surface area contributed by atoms with Gasteiger partial charge in [0.1, 0.15) is 10.6 Å². The average molecular weight is 426 g/mol. The number of halogens is 3. The van der Waals surface area contributed by atoms with Gasteiger partial charge in [0.25, 0.3) is 0 Å². The summed E-state index contributed by atoms with van der Waals surface area (Å²) < 4.78 is 44.6. The molecule has 30 heavy (non-hydrogen) atoms. The van der Waals surface area contributed by atoms with Crippen LogP contribution in [0, 0.1) is 0 Å². The van der Waals surface area contributed by atoms with E-state index in [1.807, 2.05) is 0 Å². The number of para-hydroxylation sites is 1. The highest BCUT2D eigenvalue weighted by molar-refractivity contribution is 7.13. The monoisotopic (exact) mass is 426 g/mol. The smallest absolute Gasteiger partial charge is 0.416 e. The van der Waals surface area contributed by atoms with Gasteiger partial charge in [-0.15, -0.1) is 11.3 Å². The standard InChI is InChI=1S/C22H13F3N2O2S/c23-22(24,25)13-7-5-12(6-8-13)11-15-20-17(18(27-15)21-26-9-10-30-21)19(28)14-3-1-2-4-16(14)29-20/h1-10,27H,11H2. The Kier molecular flexibility index (Phi) is 4.25. The maximum Gasteiger partial charge on any atom is 0.416 e. The van der Waals surface area contributed by atoms with Crippen molar-refractivity contribution >= 4 is 33.3 Å². The lowest BCUT2D eigenvalue weighted by Crippen LogP contribution is -2.04. The lowest BCUT2D eigenvalue weighted by atomic mass is 10.1. The first-order chi connectivity index (χ1) is 14.4. The van der Waals surface area contributed by atoms with Gasteiger partial charge in [-0.3, -0.25) is 4.79 Å². The van der Waals surface area contributed by atoms with E-state index in [4.69, 9.17) is 4.42 Å². The second kappa shape index (κ2) is 6.84. The van der Waals surface area contributed by atoms with Crippen LogP contribution in [-0.2, 0) is 12.6 Å². The molecule has 0 unspecified atom stereocenters. The van der Waals surface area contributed by atoms with Crippen molar-refractivity contribution < 1.29 is 17.6 Å². The van der Waals surface area contributed by atoms with Crippen LogP contribution in [0.4, 0.5) is 13.2 Å². The summed E-state index contributed by atoms with van der Waals surface area (Å²) in [6, 6.07) is 11.9. The molecule has 0 aliphatic heterocycles. The van der Waals surface area contributed by atoms with Crippen LogP contribution in [0.5, 0.6) is 0 Å². The van der Waals surface area contributed by atoms with E-state index in [-0.39, 0.29) is 11.8 Å². The molecule has 0 fully saturated rings. The fourth-order valence-electron chi connectivity index (χ4n) is 3.50. The van der Waals surface area contributed by atoms with Crippen molar-refractivity contribution in [1.29, 1.82) is 0 Å². The number of alkyl halides is 3. The number of H-pyrrole nitrogens is 1. The summed E-state index contributed by atoms with van der Waals surface area (Å²) in [5.41, 5.74) is 1.79. The van der Waals surface area contributed by atoms with Crippen molar-refractivity contribution in [3.05, 3.63) is 87.2 Å². The number of nitrogens with one attached hydrogen (secondary N) is 1. The van der Waals surface area contributed by atoms with Crippen LogP contribution in [0.15, 0.2) is 69.3 Å². The molecule has 4 nitrogen and oxygen atoms in total. The molecule has 3 heterocycles. The lowest BCUT2D eigenvalue weighted by Gasteiger charge is -2.07. The van der Waals surface area contributed by atoms with E-state index in [0.717, 1.165) is 12.1 Å². The molecule has 0 bridgehead atoms. The number of nitrogens with zero attached hydrogens (tertiary/aromatic N) is 1. The number of aromatic nitrogens is 2. The van der Waals surface area contributed by atoms with E-state index in [9.17, 15) is 18.0 Å². The largest absolute Gasteiger partial charge is 0.454 e. The third kappa shape index (κ3) is 3.09. The molecule has 0 saturated heterocycles. The molecule has 1 N–H and O–H groups in total. The number of thiazole rings is 1. The SMILES string of the molecule is O=c1c2ccccc2oc2c(Cc3ccc(C(F)(F)F)cc3)[nH]c(-c3nccs3)c12. The highest BCUT2D eigenvalue weighted by atomic mass is 32.1. The molecule has 5 aromatic rings. The molecule has 0 aliphatic rings. The zero-order chi connectivity index (χ0) is 20.9. The Morgan fingerprint density at radius 3 is 2.53 bits per heavy atom. The molecular weight excluding hydrogens is 413 g/mol. The molecule has 5 rings (SSSR count). The second-order valence-electron chi connectivity index (χ2n) is 6.82. The maximum absolute atomic E-state index is 13.2. The molecule has 2 aromatic carbocycles. The first-order valence-electron chi connectivity index (χ1n) is 9.04. The van der Waals surface area contributed by atoms with Gasteiger partial charge in [-0.25, -0.2) is 4.98 Å². The summed E-state index contributed by atoms with van der Waals surface area (Å²) in [4.78, 5) is 20.7. The summed E-state index contributed by atoms with van der Waals surface area (Å²) in [7, 11) is 0. The Balaban J connectivity index is 1.69. The third-order valence-electron chi connectivity index (χ3n) is 4.91. The van der Waals surface area contributed by atoms with Gasteiger partial charge in [0.05, 0.1) is 27.7 Å². The minimum atomic E-state index is -4.39. The number of fused-ring (bicyclic) bond motifs is 2. The zero-order valence-corrected chi connectivity index (χ0v) is 16.1. The summed E-state index contributed by atoms with van der Waals surface area (Å²) in [5.74, 6) is 0. The minimum Gasteiger partial charge on any atom is -0.454 e. The van der Waals surface area contributed by atoms with Crippen molar-refractivity contribution in [2.75, 3.05) is 0 Å². The first-order valence-corrected chi connectivity index (χ1v) is 9.92. The van der Waals surface area contributed by atoms with Crippen LogP contribution in [0.2, 0.25) is 0 Å². The number of hydrogen-bond donors (Lipinski definition) is 1. The molecule has 0 amide bonds. The molecule has 0 atom stereocenters. The predicted octanol–water partition coefficient (Wildman–Crippen LogP) is 6.01. The van der Waals surface area contributed by atoms with Gasteiger partial charge in [0, 0.05) is 18.0 Å². The normalized spacial score (nSPS) is 12.1. The Morgan fingerprint density at radius 1 is 1.07 bits per heavy atom. The number of hydrogen-bond acceptors (Lipinski definition) is 4. The van der Waals surface area contributed by atoms with E-state index in [1.54, 1.807) is 35.8 Å². The van der Waals surface area contributed by atoms with Crippen molar-refractivity contribution in [2.45, 2.75) is 12.6 Å². The van der Waals surface area contributed by atoms with E-state index < -0.39 is 11.7 Å². The highest BCUT2D eigenvalue weighted by Gasteiger charge is 2.30. The van der Waals surface area contributed by atoms with Crippen LogP contribution in [0.1, 0.15) is 16.8 Å². The van der Waals surface area contributed by atoms with Crippen LogP contribution in [0.25, 0.3) is 32.6 Å². The fourth-order valence-corrected chi connectivity index (χ4v) is 4.14. The molecular formula is C22H13F3N2O2S. The van der Waals surface area contributed by atoms with E-state index in [0.29, 0.717) is 43.9 Å². The summed E-state index contributed by atoms with van der Waals surface area (Å²) in [5, 5.41) is 3.30. The van der Waals surface area contributed by atoms with Gasteiger partial charge in [-0.1, -0.05) is 24.3 Å². The summed E-state index contributed by atoms with van der Waals surface area (Å²) >= 11 is 1.38. The van der Waals surface area contributed by atoms with E-state index in [1.165, 1.54) is 23.5 Å². The van der Waals surface area contributed by atoms with Gasteiger partial charge < -0.3 is 9.40 Å². The van der Waals surface area contributed by atoms with Gasteiger partial charge >= 0.3 is 6.18 Å². The van der Waals surface area contributed by atoms with E-state index in [2.05, 4.69) is 9.97 Å². The maximum atomic E-state index is 13.2. The van der Waals surface area contributed by atoms with Crippen LogP contribution in [0.3, 0.4) is 0 Å². The van der Waals surface area contributed by atoms with Crippen molar-refractivity contribution in [3.63, 3.8) is 0 Å². The Morgan fingerprint density at radius 2 is 1.83 bits per heavy atom. The predicted molar refractivity (Wildman–Crippen MR) is 110 cm³/mol. The molecule has 150 valence electrons. The van der Waals surface area contributed by atoms with Gasteiger partial charge in [-0.2, -0.15) is 13.2 Å². The lowest BCUT2D eigenvalue weighted by molar-refractivity contribution is -0.137. The average Bonchev–Trinajstić information content (AvgIpc) is 3.37.